The summed E-state index contributed by atoms with van der Waals surface area (Å²) in [5, 5.41) is 1.02. The van der Waals surface area contributed by atoms with E-state index in [1.807, 2.05) is 50.2 Å². The Hall–Kier alpha value is -2.64. The molecule has 0 heterocycles. The molecule has 4 heteroatoms. The van der Waals surface area contributed by atoms with Crippen LogP contribution in [0.15, 0.2) is 72.8 Å². The first kappa shape index (κ1) is 20.1. The first-order valence-electron chi connectivity index (χ1n) is 9.50. The molecule has 0 aliphatic rings. The number of carbonyl (C=O) groups is 1. The Labute approximate surface area is 166 Å². The highest BCUT2D eigenvalue weighted by Gasteiger charge is 2.32. The second-order valence-electron chi connectivity index (χ2n) is 7.05. The lowest BCUT2D eigenvalue weighted by molar-refractivity contribution is 0.0747. The van der Waals surface area contributed by atoms with Crippen LogP contribution in [0.2, 0.25) is 0 Å². The summed E-state index contributed by atoms with van der Waals surface area (Å²) >= 11 is 0. The lowest BCUT2D eigenvalue weighted by Gasteiger charge is -2.19. The van der Waals surface area contributed by atoms with Crippen LogP contribution >= 0.6 is 7.37 Å². The Kier molecular flexibility index (Phi) is 6.16. The Morgan fingerprint density at radius 3 is 1.68 bits per heavy atom. The number of hydrogen-bond donors (Lipinski definition) is 0. The van der Waals surface area contributed by atoms with Crippen molar-refractivity contribution in [2.45, 2.75) is 33.6 Å². The van der Waals surface area contributed by atoms with Crippen molar-refractivity contribution in [2.75, 3.05) is 0 Å². The van der Waals surface area contributed by atoms with Gasteiger partial charge in [-0.25, -0.2) is 4.79 Å². The van der Waals surface area contributed by atoms with E-state index in [4.69, 9.17) is 4.52 Å². The third kappa shape index (κ3) is 4.43. The molecule has 0 N–H and O–H groups in total. The summed E-state index contributed by atoms with van der Waals surface area (Å²) in [6, 6.07) is 21.9. The molecule has 3 rings (SSSR count). The van der Waals surface area contributed by atoms with Gasteiger partial charge in [0.2, 0.25) is 0 Å². The normalized spacial score (nSPS) is 11.2. The predicted molar refractivity (Wildman–Crippen MR) is 115 cm³/mol. The minimum atomic E-state index is -3.56. The van der Waals surface area contributed by atoms with Crippen LogP contribution in [0.25, 0.3) is 0 Å². The van der Waals surface area contributed by atoms with Crippen LogP contribution < -0.4 is 10.6 Å². The summed E-state index contributed by atoms with van der Waals surface area (Å²) in [7, 11) is -3.56. The Morgan fingerprint density at radius 1 is 0.786 bits per heavy atom. The highest BCUT2D eigenvalue weighted by molar-refractivity contribution is 7.74. The van der Waals surface area contributed by atoms with Gasteiger partial charge in [-0.2, -0.15) is 0 Å². The quantitative estimate of drug-likeness (QED) is 0.532. The van der Waals surface area contributed by atoms with E-state index in [1.165, 1.54) is 5.56 Å². The van der Waals surface area contributed by atoms with Crippen LogP contribution in [0.4, 0.5) is 0 Å². The fourth-order valence-corrected chi connectivity index (χ4v) is 4.93. The van der Waals surface area contributed by atoms with Crippen molar-refractivity contribution in [2.24, 2.45) is 0 Å². The van der Waals surface area contributed by atoms with E-state index < -0.39 is 13.3 Å². The molecule has 0 saturated heterocycles. The average Bonchev–Trinajstić information content (AvgIpc) is 2.69. The predicted octanol–water partition coefficient (Wildman–Crippen LogP) is 5.34. The molecule has 0 bridgehead atoms. The van der Waals surface area contributed by atoms with Crippen LogP contribution in [-0.2, 0) is 15.5 Å². The van der Waals surface area contributed by atoms with Gasteiger partial charge in [-0.3, -0.25) is 4.57 Å². The molecule has 28 heavy (non-hydrogen) atoms. The molecule has 0 unspecified atom stereocenters. The van der Waals surface area contributed by atoms with Gasteiger partial charge in [-0.1, -0.05) is 60.9 Å². The third-order valence-electron chi connectivity index (χ3n) is 4.69. The van der Waals surface area contributed by atoms with Crippen LogP contribution in [0.3, 0.4) is 0 Å². The topological polar surface area (TPSA) is 43.4 Å². The fourth-order valence-electron chi connectivity index (χ4n) is 3.00. The number of aryl methyl sites for hydroxylation is 3. The van der Waals surface area contributed by atoms with Crippen molar-refractivity contribution < 1.29 is 13.9 Å². The molecule has 0 radical (unpaired) electrons. The van der Waals surface area contributed by atoms with Gasteiger partial charge in [0.25, 0.3) is 0 Å². The van der Waals surface area contributed by atoms with E-state index in [0.717, 1.165) is 24.0 Å². The minimum absolute atomic E-state index is 0.402. The van der Waals surface area contributed by atoms with Gasteiger partial charge in [0.05, 0.1) is 16.2 Å². The van der Waals surface area contributed by atoms with E-state index in [0.29, 0.717) is 16.2 Å². The van der Waals surface area contributed by atoms with Crippen LogP contribution in [0.5, 0.6) is 0 Å². The maximum atomic E-state index is 13.9. The summed E-state index contributed by atoms with van der Waals surface area (Å²) in [5.74, 6) is -0.576. The molecule has 0 saturated carbocycles. The Morgan fingerprint density at radius 2 is 1.25 bits per heavy atom. The summed E-state index contributed by atoms with van der Waals surface area (Å²) in [5.41, 5.74) is 3.67. The first-order valence-corrected chi connectivity index (χ1v) is 11.1. The fraction of sp³-hybridized carbons (Fsp3) is 0.208. The Balaban J connectivity index is 1.97. The van der Waals surface area contributed by atoms with E-state index in [-0.39, 0.29) is 0 Å². The maximum Gasteiger partial charge on any atom is 0.343 e. The smallest absolute Gasteiger partial charge is 0.343 e. The van der Waals surface area contributed by atoms with Gasteiger partial charge in [0, 0.05) is 0 Å². The number of rotatable bonds is 6. The standard InChI is InChI=1S/C24H25O3P/c1-4-5-20-10-12-21(13-11-20)24(25)27-28(26,22-14-6-18(2)7-15-22)23-16-8-19(3)9-17-23/h6-17H,4-5H2,1-3H3. The number of carbonyl (C=O) groups excluding carboxylic acids is 1. The van der Waals surface area contributed by atoms with E-state index in [9.17, 15) is 9.36 Å². The van der Waals surface area contributed by atoms with Crippen molar-refractivity contribution in [1.82, 2.24) is 0 Å². The zero-order valence-electron chi connectivity index (χ0n) is 16.5. The van der Waals surface area contributed by atoms with Gasteiger partial charge in [0.15, 0.2) is 0 Å². The van der Waals surface area contributed by atoms with Gasteiger partial charge >= 0.3 is 13.3 Å². The average molecular weight is 392 g/mol. The molecule has 0 spiro atoms. The molecule has 0 atom stereocenters. The van der Waals surface area contributed by atoms with Crippen molar-refractivity contribution >= 4 is 23.9 Å². The van der Waals surface area contributed by atoms with Crippen molar-refractivity contribution in [3.63, 3.8) is 0 Å². The lowest BCUT2D eigenvalue weighted by Crippen LogP contribution is -2.21. The van der Waals surface area contributed by atoms with E-state index in [2.05, 4.69) is 6.92 Å². The zero-order chi connectivity index (χ0) is 20.1. The molecule has 3 nitrogen and oxygen atoms in total. The highest BCUT2D eigenvalue weighted by atomic mass is 31.2. The van der Waals surface area contributed by atoms with Crippen LogP contribution in [0.1, 0.15) is 40.4 Å². The zero-order valence-corrected chi connectivity index (χ0v) is 17.4. The molecular weight excluding hydrogens is 367 g/mol. The largest absolute Gasteiger partial charge is 0.401 e. The van der Waals surface area contributed by atoms with Gasteiger partial charge < -0.3 is 4.52 Å². The molecule has 0 aromatic heterocycles. The summed E-state index contributed by atoms with van der Waals surface area (Å²) in [4.78, 5) is 12.8. The summed E-state index contributed by atoms with van der Waals surface area (Å²) in [6.45, 7) is 6.04. The van der Waals surface area contributed by atoms with E-state index >= 15 is 0 Å². The number of benzene rings is 3. The molecule has 0 amide bonds. The first-order chi connectivity index (χ1) is 13.4. The maximum absolute atomic E-state index is 13.9. The molecule has 3 aromatic carbocycles. The molecule has 0 aliphatic carbocycles. The summed E-state index contributed by atoms with van der Waals surface area (Å²) < 4.78 is 19.6. The minimum Gasteiger partial charge on any atom is -0.401 e. The summed E-state index contributed by atoms with van der Waals surface area (Å²) in [6.07, 6.45) is 2.00. The third-order valence-corrected chi connectivity index (χ3v) is 7.07. The van der Waals surface area contributed by atoms with Gasteiger partial charge in [0.1, 0.15) is 0 Å². The van der Waals surface area contributed by atoms with Crippen LogP contribution in [0, 0.1) is 13.8 Å². The number of hydrogen-bond acceptors (Lipinski definition) is 3. The van der Waals surface area contributed by atoms with Crippen molar-refractivity contribution in [1.29, 1.82) is 0 Å². The van der Waals surface area contributed by atoms with Crippen LogP contribution in [-0.4, -0.2) is 5.97 Å². The monoisotopic (exact) mass is 392 g/mol. The molecule has 3 aromatic rings. The highest BCUT2D eigenvalue weighted by Crippen LogP contribution is 2.45. The molecule has 0 aliphatic heterocycles. The van der Waals surface area contributed by atoms with Gasteiger partial charge in [-0.05, 0) is 62.2 Å². The Bertz CT molecular complexity index is 938. The SMILES string of the molecule is CCCc1ccc(C(=O)OP(=O)(c2ccc(C)cc2)c2ccc(C)cc2)cc1. The van der Waals surface area contributed by atoms with Crippen molar-refractivity contribution in [3.8, 4) is 0 Å². The van der Waals surface area contributed by atoms with Gasteiger partial charge in [-0.15, -0.1) is 0 Å². The van der Waals surface area contributed by atoms with E-state index in [1.54, 1.807) is 36.4 Å². The molecular formula is C24H25O3P. The second kappa shape index (κ2) is 8.58. The molecule has 144 valence electrons. The molecule has 0 fully saturated rings. The van der Waals surface area contributed by atoms with Crippen molar-refractivity contribution in [3.05, 3.63) is 95.1 Å². The second-order valence-corrected chi connectivity index (χ2v) is 9.37. The lowest BCUT2D eigenvalue weighted by atomic mass is 10.1.